The van der Waals surface area contributed by atoms with E-state index in [0.29, 0.717) is 5.82 Å². The number of rotatable bonds is 1. The quantitative estimate of drug-likeness (QED) is 0.797. The average Bonchev–Trinajstić information content (AvgIpc) is 2.42. The van der Waals surface area contributed by atoms with E-state index in [1.54, 1.807) is 12.4 Å². The van der Waals surface area contributed by atoms with Crippen molar-refractivity contribution < 1.29 is 4.79 Å². The summed E-state index contributed by atoms with van der Waals surface area (Å²) in [6, 6.07) is 3.86. The van der Waals surface area contributed by atoms with E-state index in [4.69, 9.17) is 0 Å². The molecule has 0 bridgehead atoms. The van der Waals surface area contributed by atoms with Gasteiger partial charge in [0.15, 0.2) is 5.78 Å². The van der Waals surface area contributed by atoms with Crippen LogP contribution in [0.2, 0.25) is 0 Å². The third-order valence-electron chi connectivity index (χ3n) is 4.08. The molecule has 4 heteroatoms. The SMILES string of the molecule is Cc1cc(C2(C)CCc3ccncc3C2=O)nc(C)n1. The summed E-state index contributed by atoms with van der Waals surface area (Å²) in [5.41, 5.74) is 2.97. The van der Waals surface area contributed by atoms with Gasteiger partial charge >= 0.3 is 0 Å². The molecule has 0 radical (unpaired) electrons. The maximum atomic E-state index is 12.9. The molecule has 20 heavy (non-hydrogen) atoms. The number of aromatic nitrogens is 3. The fourth-order valence-electron chi connectivity index (χ4n) is 2.89. The Labute approximate surface area is 118 Å². The maximum absolute atomic E-state index is 12.9. The zero-order valence-electron chi connectivity index (χ0n) is 12.0. The molecule has 3 rings (SSSR count). The van der Waals surface area contributed by atoms with Crippen LogP contribution in [0.4, 0.5) is 0 Å². The van der Waals surface area contributed by atoms with Crippen molar-refractivity contribution in [3.63, 3.8) is 0 Å². The lowest BCUT2D eigenvalue weighted by molar-refractivity contribution is 0.0871. The Balaban J connectivity index is 2.12. The van der Waals surface area contributed by atoms with Crippen LogP contribution in [-0.4, -0.2) is 20.7 Å². The van der Waals surface area contributed by atoms with E-state index in [0.717, 1.165) is 35.4 Å². The largest absolute Gasteiger partial charge is 0.293 e. The zero-order chi connectivity index (χ0) is 14.3. The summed E-state index contributed by atoms with van der Waals surface area (Å²) >= 11 is 0. The lowest BCUT2D eigenvalue weighted by Crippen LogP contribution is -2.38. The molecule has 0 spiro atoms. The van der Waals surface area contributed by atoms with Gasteiger partial charge in [-0.3, -0.25) is 9.78 Å². The lowest BCUT2D eigenvalue weighted by Gasteiger charge is -2.32. The summed E-state index contributed by atoms with van der Waals surface area (Å²) < 4.78 is 0. The highest BCUT2D eigenvalue weighted by molar-refractivity contribution is 6.05. The molecule has 1 aliphatic carbocycles. The standard InChI is InChI=1S/C16H17N3O/c1-10-8-14(19-11(2)18-10)16(3)6-4-12-5-7-17-9-13(12)15(16)20/h5,7-9H,4,6H2,1-3H3. The van der Waals surface area contributed by atoms with Crippen LogP contribution in [0.1, 0.15) is 46.5 Å². The molecule has 2 aromatic rings. The summed E-state index contributed by atoms with van der Waals surface area (Å²) in [6.07, 6.45) is 5.07. The number of pyridine rings is 1. The van der Waals surface area contributed by atoms with Crippen LogP contribution in [-0.2, 0) is 11.8 Å². The first-order valence-electron chi connectivity index (χ1n) is 6.81. The Morgan fingerprint density at radius 3 is 2.80 bits per heavy atom. The topological polar surface area (TPSA) is 55.7 Å². The molecule has 2 aromatic heterocycles. The van der Waals surface area contributed by atoms with Crippen LogP contribution >= 0.6 is 0 Å². The highest BCUT2D eigenvalue weighted by atomic mass is 16.1. The minimum atomic E-state index is -0.575. The summed E-state index contributed by atoms with van der Waals surface area (Å²) in [4.78, 5) is 25.7. The molecule has 0 N–H and O–H groups in total. The van der Waals surface area contributed by atoms with Crippen molar-refractivity contribution in [2.45, 2.75) is 39.0 Å². The second-order valence-electron chi connectivity index (χ2n) is 5.64. The van der Waals surface area contributed by atoms with Gasteiger partial charge in [-0.25, -0.2) is 9.97 Å². The summed E-state index contributed by atoms with van der Waals surface area (Å²) in [6.45, 7) is 5.78. The van der Waals surface area contributed by atoms with E-state index in [1.807, 2.05) is 32.9 Å². The first-order chi connectivity index (χ1) is 9.50. The molecule has 0 amide bonds. The van der Waals surface area contributed by atoms with Gasteiger partial charge < -0.3 is 0 Å². The Morgan fingerprint density at radius 1 is 1.25 bits per heavy atom. The first-order valence-corrected chi connectivity index (χ1v) is 6.81. The Bertz CT molecular complexity index is 676. The zero-order valence-corrected chi connectivity index (χ0v) is 12.0. The van der Waals surface area contributed by atoms with Gasteiger partial charge in [-0.1, -0.05) is 0 Å². The number of hydrogen-bond acceptors (Lipinski definition) is 4. The molecule has 1 aliphatic rings. The van der Waals surface area contributed by atoms with Crippen molar-refractivity contribution in [3.05, 3.63) is 52.9 Å². The first kappa shape index (κ1) is 12.9. The number of hydrogen-bond donors (Lipinski definition) is 0. The fraction of sp³-hybridized carbons (Fsp3) is 0.375. The van der Waals surface area contributed by atoms with Crippen LogP contribution in [0.15, 0.2) is 24.5 Å². The average molecular weight is 267 g/mol. The molecule has 1 atom stereocenters. The fourth-order valence-corrected chi connectivity index (χ4v) is 2.89. The summed E-state index contributed by atoms with van der Waals surface area (Å²) in [7, 11) is 0. The van der Waals surface area contributed by atoms with Crippen molar-refractivity contribution in [2.75, 3.05) is 0 Å². The van der Waals surface area contributed by atoms with E-state index in [2.05, 4.69) is 15.0 Å². The molecule has 2 heterocycles. The van der Waals surface area contributed by atoms with Crippen molar-refractivity contribution >= 4 is 5.78 Å². The van der Waals surface area contributed by atoms with E-state index in [1.165, 1.54) is 0 Å². The summed E-state index contributed by atoms with van der Waals surface area (Å²) in [5.74, 6) is 0.829. The van der Waals surface area contributed by atoms with Gasteiger partial charge in [0.25, 0.3) is 0 Å². The normalized spacial score (nSPS) is 21.6. The van der Waals surface area contributed by atoms with Gasteiger partial charge in [0.1, 0.15) is 5.82 Å². The number of ketones is 1. The van der Waals surface area contributed by atoms with Crippen molar-refractivity contribution in [2.24, 2.45) is 0 Å². The molecule has 0 saturated heterocycles. The van der Waals surface area contributed by atoms with Gasteiger partial charge in [0, 0.05) is 23.7 Å². The van der Waals surface area contributed by atoms with E-state index in [-0.39, 0.29) is 5.78 Å². The number of carbonyl (C=O) groups is 1. The number of Topliss-reactive ketones (excluding diaryl/α,β-unsaturated/α-hetero) is 1. The second kappa shape index (κ2) is 4.47. The Hall–Kier alpha value is -2.10. The van der Waals surface area contributed by atoms with Crippen molar-refractivity contribution in [3.8, 4) is 0 Å². The maximum Gasteiger partial charge on any atom is 0.176 e. The Morgan fingerprint density at radius 2 is 2.05 bits per heavy atom. The predicted octanol–water partition coefficient (Wildman–Crippen LogP) is 2.58. The van der Waals surface area contributed by atoms with Crippen LogP contribution in [0, 0.1) is 13.8 Å². The van der Waals surface area contributed by atoms with E-state index >= 15 is 0 Å². The molecule has 1 unspecified atom stereocenters. The number of carbonyl (C=O) groups excluding carboxylic acids is 1. The number of nitrogens with zero attached hydrogens (tertiary/aromatic N) is 3. The van der Waals surface area contributed by atoms with Crippen LogP contribution < -0.4 is 0 Å². The second-order valence-corrected chi connectivity index (χ2v) is 5.64. The molecular weight excluding hydrogens is 250 g/mol. The van der Waals surface area contributed by atoms with Gasteiger partial charge in [0.05, 0.1) is 11.1 Å². The van der Waals surface area contributed by atoms with E-state index < -0.39 is 5.41 Å². The van der Waals surface area contributed by atoms with Gasteiger partial charge in [0.2, 0.25) is 0 Å². The lowest BCUT2D eigenvalue weighted by atomic mass is 9.70. The van der Waals surface area contributed by atoms with Crippen LogP contribution in [0.5, 0.6) is 0 Å². The van der Waals surface area contributed by atoms with Gasteiger partial charge in [-0.05, 0) is 51.3 Å². The molecule has 102 valence electrons. The monoisotopic (exact) mass is 267 g/mol. The molecule has 4 nitrogen and oxygen atoms in total. The highest BCUT2D eigenvalue weighted by Gasteiger charge is 2.41. The molecule has 0 aromatic carbocycles. The Kier molecular flexibility index (Phi) is 2.89. The third-order valence-corrected chi connectivity index (χ3v) is 4.08. The van der Waals surface area contributed by atoms with Gasteiger partial charge in [-0.2, -0.15) is 0 Å². The molecule has 0 aliphatic heterocycles. The van der Waals surface area contributed by atoms with Gasteiger partial charge in [-0.15, -0.1) is 0 Å². The smallest absolute Gasteiger partial charge is 0.176 e. The molecule has 0 saturated carbocycles. The molecule has 0 fully saturated rings. The number of fused-ring (bicyclic) bond motifs is 1. The predicted molar refractivity (Wildman–Crippen MR) is 75.7 cm³/mol. The van der Waals surface area contributed by atoms with Crippen molar-refractivity contribution in [1.29, 1.82) is 0 Å². The van der Waals surface area contributed by atoms with Crippen LogP contribution in [0.3, 0.4) is 0 Å². The minimum absolute atomic E-state index is 0.115. The number of aryl methyl sites for hydroxylation is 3. The molecular formula is C16H17N3O. The van der Waals surface area contributed by atoms with Crippen molar-refractivity contribution in [1.82, 2.24) is 15.0 Å². The van der Waals surface area contributed by atoms with Crippen LogP contribution in [0.25, 0.3) is 0 Å². The highest BCUT2D eigenvalue weighted by Crippen LogP contribution is 2.37. The van der Waals surface area contributed by atoms with E-state index in [9.17, 15) is 4.79 Å². The summed E-state index contributed by atoms with van der Waals surface area (Å²) in [5, 5.41) is 0. The third kappa shape index (κ3) is 1.92. The minimum Gasteiger partial charge on any atom is -0.293 e.